The van der Waals surface area contributed by atoms with Crippen molar-refractivity contribution in [1.82, 2.24) is 0 Å². The Morgan fingerprint density at radius 1 is 1.47 bits per heavy atom. The van der Waals surface area contributed by atoms with Gasteiger partial charge in [-0.2, -0.15) is 13.2 Å². The highest BCUT2D eigenvalue weighted by Gasteiger charge is 2.35. The van der Waals surface area contributed by atoms with Crippen molar-refractivity contribution in [2.75, 3.05) is 0 Å². The lowest BCUT2D eigenvalue weighted by Crippen LogP contribution is -2.20. The summed E-state index contributed by atoms with van der Waals surface area (Å²) in [5.41, 5.74) is 4.15. The van der Waals surface area contributed by atoms with Gasteiger partial charge in [-0.3, -0.25) is 4.79 Å². The number of carboxylic acids is 1. The fourth-order valence-electron chi connectivity index (χ4n) is 1.40. The molecule has 0 heterocycles. The van der Waals surface area contributed by atoms with Crippen molar-refractivity contribution in [3.63, 3.8) is 0 Å². The van der Waals surface area contributed by atoms with E-state index in [9.17, 15) is 18.0 Å². The third-order valence-corrected chi connectivity index (χ3v) is 2.35. The summed E-state index contributed by atoms with van der Waals surface area (Å²) >= 11 is 5.58. The van der Waals surface area contributed by atoms with E-state index < -0.39 is 30.2 Å². The van der Waals surface area contributed by atoms with E-state index in [0.717, 1.165) is 18.2 Å². The highest BCUT2D eigenvalue weighted by Crippen LogP contribution is 2.36. The molecular weight excluding hydrogens is 259 g/mol. The van der Waals surface area contributed by atoms with Gasteiger partial charge < -0.3 is 10.8 Å². The molecule has 3 N–H and O–H groups in total. The van der Waals surface area contributed by atoms with Gasteiger partial charge in [-0.1, -0.05) is 11.6 Å². The molecule has 0 aromatic heterocycles. The van der Waals surface area contributed by atoms with Gasteiger partial charge in [-0.15, -0.1) is 0 Å². The molecule has 0 fully saturated rings. The van der Waals surface area contributed by atoms with Crippen LogP contribution in [0.25, 0.3) is 0 Å². The van der Waals surface area contributed by atoms with Crippen LogP contribution in [0, 0.1) is 0 Å². The van der Waals surface area contributed by atoms with Crippen LogP contribution >= 0.6 is 11.6 Å². The third kappa shape index (κ3) is 3.61. The smallest absolute Gasteiger partial charge is 0.416 e. The van der Waals surface area contributed by atoms with Crippen LogP contribution in [0.4, 0.5) is 13.2 Å². The van der Waals surface area contributed by atoms with Crippen molar-refractivity contribution in [3.8, 4) is 0 Å². The van der Waals surface area contributed by atoms with Crippen molar-refractivity contribution < 1.29 is 23.1 Å². The van der Waals surface area contributed by atoms with Crippen molar-refractivity contribution in [2.45, 2.75) is 18.6 Å². The maximum absolute atomic E-state index is 12.6. The maximum atomic E-state index is 12.6. The van der Waals surface area contributed by atoms with E-state index in [1.165, 1.54) is 0 Å². The first kappa shape index (κ1) is 13.8. The lowest BCUT2D eigenvalue weighted by Gasteiger charge is -2.17. The molecule has 3 nitrogen and oxygen atoms in total. The summed E-state index contributed by atoms with van der Waals surface area (Å²) in [6.07, 6.45) is -5.18. The first-order chi connectivity index (χ1) is 7.71. The van der Waals surface area contributed by atoms with Gasteiger partial charge in [0.15, 0.2) is 0 Å². The molecule has 1 unspecified atom stereocenters. The minimum absolute atomic E-state index is 0.0776. The van der Waals surface area contributed by atoms with Crippen LogP contribution in [-0.4, -0.2) is 11.1 Å². The largest absolute Gasteiger partial charge is 0.481 e. The molecule has 7 heteroatoms. The van der Waals surface area contributed by atoms with E-state index in [1.54, 1.807) is 0 Å². The fourth-order valence-corrected chi connectivity index (χ4v) is 1.58. The number of rotatable bonds is 3. The number of carbonyl (C=O) groups is 1. The zero-order valence-electron chi connectivity index (χ0n) is 8.46. The summed E-state index contributed by atoms with van der Waals surface area (Å²) in [6, 6.07) is 1.67. The van der Waals surface area contributed by atoms with Crippen molar-refractivity contribution >= 4 is 17.6 Å². The van der Waals surface area contributed by atoms with Gasteiger partial charge in [0, 0.05) is 11.1 Å². The number of halogens is 4. The molecular formula is C10H9ClF3NO2. The number of benzene rings is 1. The topological polar surface area (TPSA) is 63.3 Å². The van der Waals surface area contributed by atoms with Crippen LogP contribution in [-0.2, 0) is 11.0 Å². The summed E-state index contributed by atoms with van der Waals surface area (Å²) in [5.74, 6) is -1.27. The molecule has 0 saturated heterocycles. The number of carboxylic acid groups (broad SMARTS) is 1. The summed E-state index contributed by atoms with van der Waals surface area (Å²) in [4.78, 5) is 10.4. The van der Waals surface area contributed by atoms with Crippen molar-refractivity contribution in [2.24, 2.45) is 5.73 Å². The average molecular weight is 268 g/mol. The van der Waals surface area contributed by atoms with E-state index in [-0.39, 0.29) is 10.6 Å². The van der Waals surface area contributed by atoms with Gasteiger partial charge in [0.2, 0.25) is 0 Å². The Balaban J connectivity index is 3.20. The van der Waals surface area contributed by atoms with E-state index >= 15 is 0 Å². The van der Waals surface area contributed by atoms with E-state index in [2.05, 4.69) is 0 Å². The highest BCUT2D eigenvalue weighted by atomic mass is 35.5. The predicted molar refractivity (Wildman–Crippen MR) is 55.6 cm³/mol. The van der Waals surface area contributed by atoms with Crippen LogP contribution in [0.15, 0.2) is 18.2 Å². The molecule has 0 saturated carbocycles. The van der Waals surface area contributed by atoms with Gasteiger partial charge in [0.1, 0.15) is 0 Å². The van der Waals surface area contributed by atoms with E-state index in [4.69, 9.17) is 22.4 Å². The summed E-state index contributed by atoms with van der Waals surface area (Å²) in [7, 11) is 0. The Morgan fingerprint density at radius 3 is 2.53 bits per heavy atom. The first-order valence-electron chi connectivity index (χ1n) is 4.56. The van der Waals surface area contributed by atoms with Gasteiger partial charge >= 0.3 is 12.1 Å². The van der Waals surface area contributed by atoms with E-state index in [0.29, 0.717) is 0 Å². The number of hydrogen-bond acceptors (Lipinski definition) is 2. The first-order valence-corrected chi connectivity index (χ1v) is 4.93. The second kappa shape index (κ2) is 4.93. The molecule has 0 bridgehead atoms. The second-order valence-corrected chi connectivity index (χ2v) is 3.87. The summed E-state index contributed by atoms with van der Waals surface area (Å²) in [5, 5.41) is 8.59. The van der Waals surface area contributed by atoms with Crippen molar-refractivity contribution in [1.29, 1.82) is 0 Å². The quantitative estimate of drug-likeness (QED) is 0.885. The van der Waals surface area contributed by atoms with Crippen LogP contribution < -0.4 is 5.73 Å². The van der Waals surface area contributed by atoms with Crippen LogP contribution in [0.1, 0.15) is 23.6 Å². The zero-order chi connectivity index (χ0) is 13.2. The highest BCUT2D eigenvalue weighted by molar-refractivity contribution is 6.30. The standard InChI is InChI=1S/C10H9ClF3NO2/c11-5-1-2-7(10(12,13)14)6(3-5)8(15)4-9(16)17/h1-3,8H,4,15H2,(H,16,17). The number of hydrogen-bond donors (Lipinski definition) is 2. The third-order valence-electron chi connectivity index (χ3n) is 2.11. The Labute approximate surface area is 100.0 Å². The molecule has 0 aliphatic rings. The Kier molecular flexibility index (Phi) is 4.00. The molecule has 0 aliphatic carbocycles. The molecule has 0 amide bonds. The SMILES string of the molecule is NC(CC(=O)O)c1cc(Cl)ccc1C(F)(F)F. The number of nitrogens with two attached hydrogens (primary N) is 1. The van der Waals surface area contributed by atoms with Crippen LogP contribution in [0.2, 0.25) is 5.02 Å². The molecule has 1 aromatic rings. The molecule has 1 aromatic carbocycles. The molecule has 0 radical (unpaired) electrons. The van der Waals surface area contributed by atoms with Gasteiger partial charge in [0.05, 0.1) is 12.0 Å². The van der Waals surface area contributed by atoms with Crippen LogP contribution in [0.5, 0.6) is 0 Å². The maximum Gasteiger partial charge on any atom is 0.416 e. The predicted octanol–water partition coefficient (Wildman–Crippen LogP) is 2.83. The molecule has 0 spiro atoms. The lowest BCUT2D eigenvalue weighted by atomic mass is 9.98. The fraction of sp³-hybridized carbons (Fsp3) is 0.300. The molecule has 1 atom stereocenters. The number of aliphatic carboxylic acids is 1. The Bertz CT molecular complexity index is 434. The number of alkyl halides is 3. The minimum Gasteiger partial charge on any atom is -0.481 e. The Morgan fingerprint density at radius 2 is 2.06 bits per heavy atom. The summed E-state index contributed by atoms with van der Waals surface area (Å²) in [6.45, 7) is 0. The van der Waals surface area contributed by atoms with Crippen molar-refractivity contribution in [3.05, 3.63) is 34.3 Å². The molecule has 17 heavy (non-hydrogen) atoms. The Hall–Kier alpha value is -1.27. The monoisotopic (exact) mass is 267 g/mol. The lowest BCUT2D eigenvalue weighted by molar-refractivity contribution is -0.140. The zero-order valence-corrected chi connectivity index (χ0v) is 9.22. The second-order valence-electron chi connectivity index (χ2n) is 3.43. The molecule has 94 valence electrons. The van der Waals surface area contributed by atoms with Gasteiger partial charge in [-0.25, -0.2) is 0 Å². The van der Waals surface area contributed by atoms with Gasteiger partial charge in [-0.05, 0) is 23.8 Å². The molecule has 1 rings (SSSR count). The van der Waals surface area contributed by atoms with E-state index in [1.807, 2.05) is 0 Å². The normalized spacial score (nSPS) is 13.5. The average Bonchev–Trinajstić information content (AvgIpc) is 2.14. The van der Waals surface area contributed by atoms with Gasteiger partial charge in [0.25, 0.3) is 0 Å². The minimum atomic E-state index is -4.59. The van der Waals surface area contributed by atoms with Crippen LogP contribution in [0.3, 0.4) is 0 Å². The summed E-state index contributed by atoms with van der Waals surface area (Å²) < 4.78 is 37.9. The molecule has 0 aliphatic heterocycles.